The highest BCUT2D eigenvalue weighted by Crippen LogP contribution is 2.21. The normalized spacial score (nSPS) is 13.5. The van der Waals surface area contributed by atoms with Gasteiger partial charge in [-0.2, -0.15) is 0 Å². The van der Waals surface area contributed by atoms with Crippen molar-refractivity contribution in [2.75, 3.05) is 43.0 Å². The van der Waals surface area contributed by atoms with Crippen molar-refractivity contribution < 1.29 is 14.3 Å². The Morgan fingerprint density at radius 1 is 0.879 bits per heavy atom. The minimum absolute atomic E-state index is 0.0844. The first-order chi connectivity index (χ1) is 16.0. The molecule has 1 heterocycles. The lowest BCUT2D eigenvalue weighted by Gasteiger charge is -2.36. The van der Waals surface area contributed by atoms with Gasteiger partial charge < -0.3 is 19.9 Å². The maximum absolute atomic E-state index is 12.7. The van der Waals surface area contributed by atoms with Crippen molar-refractivity contribution >= 4 is 23.2 Å². The Bertz CT molecular complexity index is 1100. The minimum atomic E-state index is -0.174. The Balaban J connectivity index is 1.32. The fourth-order valence-corrected chi connectivity index (χ4v) is 3.90. The van der Waals surface area contributed by atoms with Gasteiger partial charge in [0.15, 0.2) is 0 Å². The van der Waals surface area contributed by atoms with Crippen LogP contribution in [0.4, 0.5) is 11.4 Å². The number of hydrogen-bond acceptors (Lipinski definition) is 4. The molecular formula is C27H29N3O3. The fraction of sp³-hybridized carbons (Fsp3) is 0.259. The molecule has 1 aliphatic rings. The summed E-state index contributed by atoms with van der Waals surface area (Å²) in [6.07, 6.45) is 0. The van der Waals surface area contributed by atoms with Gasteiger partial charge in [0.2, 0.25) is 0 Å². The molecule has 3 aromatic rings. The van der Waals surface area contributed by atoms with Crippen LogP contribution >= 0.6 is 0 Å². The molecule has 4 rings (SSSR count). The highest BCUT2D eigenvalue weighted by molar-refractivity contribution is 6.04. The quantitative estimate of drug-likeness (QED) is 0.604. The van der Waals surface area contributed by atoms with Crippen LogP contribution in [0.5, 0.6) is 5.75 Å². The molecule has 0 bridgehead atoms. The topological polar surface area (TPSA) is 61.9 Å². The first-order valence-electron chi connectivity index (χ1n) is 11.3. The number of carbonyl (C=O) groups excluding carboxylic acids is 2. The number of piperazine rings is 1. The summed E-state index contributed by atoms with van der Waals surface area (Å²) in [4.78, 5) is 29.5. The van der Waals surface area contributed by atoms with E-state index in [1.54, 1.807) is 12.1 Å². The van der Waals surface area contributed by atoms with E-state index in [1.807, 2.05) is 79.4 Å². The first-order valence-corrected chi connectivity index (χ1v) is 11.3. The van der Waals surface area contributed by atoms with E-state index in [0.29, 0.717) is 31.0 Å². The third-order valence-electron chi connectivity index (χ3n) is 5.76. The minimum Gasteiger partial charge on any atom is -0.494 e. The molecule has 6 nitrogen and oxygen atoms in total. The number of hydrogen-bond donors (Lipinski definition) is 1. The van der Waals surface area contributed by atoms with Gasteiger partial charge in [0, 0.05) is 48.7 Å². The number of amides is 2. The lowest BCUT2D eigenvalue weighted by Crippen LogP contribution is -2.48. The van der Waals surface area contributed by atoms with E-state index in [4.69, 9.17) is 4.74 Å². The van der Waals surface area contributed by atoms with E-state index in [9.17, 15) is 9.59 Å². The van der Waals surface area contributed by atoms with E-state index >= 15 is 0 Å². The number of ether oxygens (including phenoxy) is 1. The van der Waals surface area contributed by atoms with Crippen LogP contribution in [0, 0.1) is 6.92 Å². The Hall–Kier alpha value is -3.80. The lowest BCUT2D eigenvalue weighted by atomic mass is 10.1. The number of nitrogens with one attached hydrogen (secondary N) is 1. The van der Waals surface area contributed by atoms with E-state index in [0.717, 1.165) is 35.6 Å². The van der Waals surface area contributed by atoms with Crippen molar-refractivity contribution in [2.24, 2.45) is 0 Å². The molecule has 33 heavy (non-hydrogen) atoms. The Kier molecular flexibility index (Phi) is 6.93. The monoisotopic (exact) mass is 443 g/mol. The second-order valence-electron chi connectivity index (χ2n) is 8.11. The van der Waals surface area contributed by atoms with Gasteiger partial charge in [-0.1, -0.05) is 23.8 Å². The van der Waals surface area contributed by atoms with E-state index in [-0.39, 0.29) is 11.8 Å². The van der Waals surface area contributed by atoms with E-state index < -0.39 is 0 Å². The number of carbonyl (C=O) groups is 2. The SMILES string of the molecule is CCOc1cccc(C(=O)Nc2ccc(N3CCN(C(=O)c4ccc(C)cc4)CC3)cc2)c1. The maximum atomic E-state index is 12.7. The van der Waals surface area contributed by atoms with Crippen LogP contribution < -0.4 is 15.0 Å². The van der Waals surface area contributed by atoms with Crippen molar-refractivity contribution in [3.8, 4) is 5.75 Å². The van der Waals surface area contributed by atoms with Gasteiger partial charge in [0.25, 0.3) is 11.8 Å². The van der Waals surface area contributed by atoms with Crippen LogP contribution in [0.25, 0.3) is 0 Å². The zero-order valence-corrected chi connectivity index (χ0v) is 19.1. The zero-order valence-electron chi connectivity index (χ0n) is 19.1. The number of nitrogens with zero attached hydrogens (tertiary/aromatic N) is 2. The van der Waals surface area contributed by atoms with Gasteiger partial charge in [-0.3, -0.25) is 9.59 Å². The summed E-state index contributed by atoms with van der Waals surface area (Å²) < 4.78 is 5.47. The first kappa shape index (κ1) is 22.4. The molecule has 0 aromatic heterocycles. The average molecular weight is 444 g/mol. The van der Waals surface area contributed by atoms with Gasteiger partial charge in [0.1, 0.15) is 5.75 Å². The molecule has 0 saturated carbocycles. The summed E-state index contributed by atoms with van der Waals surface area (Å²) >= 11 is 0. The zero-order chi connectivity index (χ0) is 23.2. The maximum Gasteiger partial charge on any atom is 0.255 e. The summed E-state index contributed by atoms with van der Waals surface area (Å²) in [5.41, 5.74) is 4.25. The molecule has 0 atom stereocenters. The van der Waals surface area contributed by atoms with Crippen LogP contribution in [0.2, 0.25) is 0 Å². The molecule has 0 aliphatic carbocycles. The number of anilines is 2. The Morgan fingerprint density at radius 2 is 1.58 bits per heavy atom. The smallest absolute Gasteiger partial charge is 0.255 e. The lowest BCUT2D eigenvalue weighted by molar-refractivity contribution is 0.0746. The van der Waals surface area contributed by atoms with Crippen molar-refractivity contribution in [2.45, 2.75) is 13.8 Å². The van der Waals surface area contributed by atoms with Crippen molar-refractivity contribution in [3.05, 3.63) is 89.5 Å². The Morgan fingerprint density at radius 3 is 2.24 bits per heavy atom. The molecule has 1 fully saturated rings. The summed E-state index contributed by atoms with van der Waals surface area (Å²) in [5, 5.41) is 2.94. The molecule has 2 amide bonds. The predicted molar refractivity (Wildman–Crippen MR) is 131 cm³/mol. The van der Waals surface area contributed by atoms with E-state index in [2.05, 4.69) is 10.2 Å². The fourth-order valence-electron chi connectivity index (χ4n) is 3.90. The standard InChI is InChI=1S/C27H29N3O3/c1-3-33-25-6-4-5-22(19-25)26(31)28-23-11-13-24(14-12-23)29-15-17-30(18-16-29)27(32)21-9-7-20(2)8-10-21/h4-14,19H,3,15-18H2,1-2H3,(H,28,31). The van der Waals surface area contributed by atoms with Crippen LogP contribution in [0.1, 0.15) is 33.2 Å². The highest BCUT2D eigenvalue weighted by atomic mass is 16.5. The van der Waals surface area contributed by atoms with Gasteiger partial charge in [-0.25, -0.2) is 0 Å². The Labute approximate surface area is 194 Å². The summed E-state index contributed by atoms with van der Waals surface area (Å²) in [6, 6.07) is 22.7. The number of benzene rings is 3. The molecule has 6 heteroatoms. The van der Waals surface area contributed by atoms with Crippen LogP contribution in [-0.2, 0) is 0 Å². The molecule has 0 spiro atoms. The van der Waals surface area contributed by atoms with Gasteiger partial charge >= 0.3 is 0 Å². The van der Waals surface area contributed by atoms with Gasteiger partial charge in [0.05, 0.1) is 6.61 Å². The van der Waals surface area contributed by atoms with Crippen molar-refractivity contribution in [1.29, 1.82) is 0 Å². The van der Waals surface area contributed by atoms with Crippen LogP contribution in [-0.4, -0.2) is 49.5 Å². The van der Waals surface area contributed by atoms with Crippen molar-refractivity contribution in [1.82, 2.24) is 4.90 Å². The second kappa shape index (κ2) is 10.2. The second-order valence-corrected chi connectivity index (χ2v) is 8.11. The molecule has 170 valence electrons. The molecule has 3 aromatic carbocycles. The third-order valence-corrected chi connectivity index (χ3v) is 5.76. The molecule has 0 radical (unpaired) electrons. The van der Waals surface area contributed by atoms with Crippen LogP contribution in [0.15, 0.2) is 72.8 Å². The van der Waals surface area contributed by atoms with Gasteiger partial charge in [-0.15, -0.1) is 0 Å². The summed E-state index contributed by atoms with van der Waals surface area (Å²) in [6.45, 7) is 7.39. The largest absolute Gasteiger partial charge is 0.494 e. The third kappa shape index (κ3) is 5.52. The molecular weight excluding hydrogens is 414 g/mol. The number of rotatable bonds is 6. The van der Waals surface area contributed by atoms with Gasteiger partial charge in [-0.05, 0) is 68.4 Å². The molecule has 1 N–H and O–H groups in total. The van der Waals surface area contributed by atoms with Crippen LogP contribution in [0.3, 0.4) is 0 Å². The average Bonchev–Trinajstić information content (AvgIpc) is 2.85. The predicted octanol–water partition coefficient (Wildman–Crippen LogP) is 4.61. The summed E-state index contributed by atoms with van der Waals surface area (Å²) in [5.74, 6) is 0.592. The summed E-state index contributed by atoms with van der Waals surface area (Å²) in [7, 11) is 0. The molecule has 1 saturated heterocycles. The highest BCUT2D eigenvalue weighted by Gasteiger charge is 2.22. The van der Waals surface area contributed by atoms with E-state index in [1.165, 1.54) is 0 Å². The molecule has 0 unspecified atom stereocenters. The molecule has 1 aliphatic heterocycles. The van der Waals surface area contributed by atoms with Crippen molar-refractivity contribution in [3.63, 3.8) is 0 Å². The number of aryl methyl sites for hydroxylation is 1.